The fraction of sp³-hybridized carbons (Fsp3) is 0.235. The number of hydrogen-bond acceptors (Lipinski definition) is 2. The van der Waals surface area contributed by atoms with Gasteiger partial charge in [0.25, 0.3) is 5.91 Å². The van der Waals surface area contributed by atoms with E-state index in [4.69, 9.17) is 0 Å². The molecule has 2 rings (SSSR count). The largest absolute Gasteiger partial charge is 0.355 e. The third-order valence-corrected chi connectivity index (χ3v) is 3.40. The second kappa shape index (κ2) is 6.99. The monoisotopic (exact) mass is 286 g/mol. The van der Waals surface area contributed by atoms with Gasteiger partial charge < -0.3 is 10.6 Å². The molecule has 1 atom stereocenters. The van der Waals surface area contributed by atoms with Gasteiger partial charge in [-0.05, 0) is 42.3 Å². The first-order valence-corrected chi connectivity index (χ1v) is 6.90. The van der Waals surface area contributed by atoms with Gasteiger partial charge in [-0.25, -0.2) is 4.39 Å². The van der Waals surface area contributed by atoms with Crippen LogP contribution in [0.4, 0.5) is 4.39 Å². The van der Waals surface area contributed by atoms with Crippen molar-refractivity contribution >= 4 is 5.91 Å². The molecule has 0 saturated heterocycles. The van der Waals surface area contributed by atoms with Crippen molar-refractivity contribution in [2.24, 2.45) is 0 Å². The fourth-order valence-electron chi connectivity index (χ4n) is 2.08. The smallest absolute Gasteiger partial charge is 0.251 e. The second-order valence-electron chi connectivity index (χ2n) is 4.93. The number of carbonyl (C=O) groups is 1. The third kappa shape index (κ3) is 4.13. The summed E-state index contributed by atoms with van der Waals surface area (Å²) in [5.74, 6) is -0.321. The Labute approximate surface area is 124 Å². The normalized spacial score (nSPS) is 12.0. The standard InChI is InChI=1S/C17H19FN2O/c1-12(15-4-3-5-16(18)10-15)20-11-13-6-8-14(9-7-13)17(21)19-2/h3-10,12,20H,11H2,1-2H3,(H,19,21). The van der Waals surface area contributed by atoms with Crippen LogP contribution in [-0.4, -0.2) is 13.0 Å². The van der Waals surface area contributed by atoms with Gasteiger partial charge in [-0.2, -0.15) is 0 Å². The summed E-state index contributed by atoms with van der Waals surface area (Å²) in [4.78, 5) is 11.4. The van der Waals surface area contributed by atoms with Crippen LogP contribution in [0, 0.1) is 5.82 Å². The summed E-state index contributed by atoms with van der Waals surface area (Å²) in [6, 6.07) is 14.0. The van der Waals surface area contributed by atoms with Gasteiger partial charge in [0.1, 0.15) is 5.82 Å². The Morgan fingerprint density at radius 1 is 1.19 bits per heavy atom. The molecule has 1 amide bonds. The highest BCUT2D eigenvalue weighted by atomic mass is 19.1. The number of benzene rings is 2. The average molecular weight is 286 g/mol. The molecule has 1 unspecified atom stereocenters. The molecule has 0 aliphatic heterocycles. The summed E-state index contributed by atoms with van der Waals surface area (Å²) in [5.41, 5.74) is 2.63. The van der Waals surface area contributed by atoms with E-state index in [1.165, 1.54) is 12.1 Å². The maximum atomic E-state index is 13.2. The van der Waals surface area contributed by atoms with Crippen LogP contribution >= 0.6 is 0 Å². The first-order chi connectivity index (χ1) is 10.1. The van der Waals surface area contributed by atoms with Crippen LogP contribution in [-0.2, 0) is 6.54 Å². The maximum absolute atomic E-state index is 13.2. The Hall–Kier alpha value is -2.20. The van der Waals surface area contributed by atoms with Gasteiger partial charge in [-0.15, -0.1) is 0 Å². The zero-order valence-electron chi connectivity index (χ0n) is 12.2. The van der Waals surface area contributed by atoms with E-state index in [1.54, 1.807) is 25.2 Å². The van der Waals surface area contributed by atoms with Crippen molar-refractivity contribution in [1.82, 2.24) is 10.6 Å². The Morgan fingerprint density at radius 2 is 1.90 bits per heavy atom. The van der Waals surface area contributed by atoms with Gasteiger partial charge >= 0.3 is 0 Å². The Bertz CT molecular complexity index is 610. The SMILES string of the molecule is CNC(=O)c1ccc(CNC(C)c2cccc(F)c2)cc1. The number of halogens is 1. The molecule has 2 aromatic rings. The number of nitrogens with one attached hydrogen (secondary N) is 2. The highest BCUT2D eigenvalue weighted by molar-refractivity contribution is 5.93. The summed E-state index contributed by atoms with van der Waals surface area (Å²) in [7, 11) is 1.61. The molecule has 0 spiro atoms. The Morgan fingerprint density at radius 3 is 2.52 bits per heavy atom. The first kappa shape index (κ1) is 15.2. The van der Waals surface area contributed by atoms with E-state index in [0.717, 1.165) is 11.1 Å². The van der Waals surface area contributed by atoms with Gasteiger partial charge in [0.15, 0.2) is 0 Å². The van der Waals surface area contributed by atoms with Crippen molar-refractivity contribution < 1.29 is 9.18 Å². The van der Waals surface area contributed by atoms with Crippen LogP contribution in [0.1, 0.15) is 34.5 Å². The molecule has 4 heteroatoms. The molecular formula is C17H19FN2O. The van der Waals surface area contributed by atoms with Crippen LogP contribution < -0.4 is 10.6 Å². The Kier molecular flexibility index (Phi) is 5.06. The molecule has 0 heterocycles. The third-order valence-electron chi connectivity index (χ3n) is 3.40. The molecule has 2 aromatic carbocycles. The lowest BCUT2D eigenvalue weighted by Crippen LogP contribution is -2.19. The summed E-state index contributed by atoms with van der Waals surface area (Å²) in [6.45, 7) is 2.65. The van der Waals surface area contributed by atoms with Gasteiger partial charge in [-0.1, -0.05) is 24.3 Å². The maximum Gasteiger partial charge on any atom is 0.251 e. The molecule has 3 nitrogen and oxygen atoms in total. The van der Waals surface area contributed by atoms with E-state index < -0.39 is 0 Å². The van der Waals surface area contributed by atoms with Gasteiger partial charge in [0, 0.05) is 25.2 Å². The van der Waals surface area contributed by atoms with Crippen molar-refractivity contribution in [3.8, 4) is 0 Å². The van der Waals surface area contributed by atoms with E-state index in [2.05, 4.69) is 10.6 Å². The molecule has 0 aromatic heterocycles. The molecule has 0 radical (unpaired) electrons. The van der Waals surface area contributed by atoms with E-state index in [9.17, 15) is 9.18 Å². The summed E-state index contributed by atoms with van der Waals surface area (Å²) >= 11 is 0. The van der Waals surface area contributed by atoms with Gasteiger partial charge in [0.05, 0.1) is 0 Å². The van der Waals surface area contributed by atoms with Crippen molar-refractivity contribution in [2.75, 3.05) is 7.05 Å². The van der Waals surface area contributed by atoms with Crippen molar-refractivity contribution in [2.45, 2.75) is 19.5 Å². The topological polar surface area (TPSA) is 41.1 Å². The predicted molar refractivity (Wildman–Crippen MR) is 81.5 cm³/mol. The second-order valence-corrected chi connectivity index (χ2v) is 4.93. The molecule has 21 heavy (non-hydrogen) atoms. The lowest BCUT2D eigenvalue weighted by Gasteiger charge is -2.14. The van der Waals surface area contributed by atoms with Crippen LogP contribution in [0.3, 0.4) is 0 Å². The highest BCUT2D eigenvalue weighted by Gasteiger charge is 2.06. The van der Waals surface area contributed by atoms with E-state index in [1.807, 2.05) is 25.1 Å². The van der Waals surface area contributed by atoms with Gasteiger partial charge in [0.2, 0.25) is 0 Å². The summed E-state index contributed by atoms with van der Waals surface area (Å²) < 4.78 is 13.2. The highest BCUT2D eigenvalue weighted by Crippen LogP contribution is 2.14. The van der Waals surface area contributed by atoms with Crippen molar-refractivity contribution in [3.63, 3.8) is 0 Å². The van der Waals surface area contributed by atoms with Crippen LogP contribution in [0.25, 0.3) is 0 Å². The van der Waals surface area contributed by atoms with Crippen LogP contribution in [0.5, 0.6) is 0 Å². The fourth-order valence-corrected chi connectivity index (χ4v) is 2.08. The molecule has 110 valence electrons. The zero-order valence-corrected chi connectivity index (χ0v) is 12.2. The number of amides is 1. The summed E-state index contributed by atoms with van der Waals surface area (Å²) in [6.07, 6.45) is 0. The molecule has 0 aliphatic rings. The van der Waals surface area contributed by atoms with Gasteiger partial charge in [-0.3, -0.25) is 4.79 Å². The van der Waals surface area contributed by atoms with Crippen molar-refractivity contribution in [3.05, 3.63) is 71.0 Å². The van der Waals surface area contributed by atoms with Crippen LogP contribution in [0.2, 0.25) is 0 Å². The van der Waals surface area contributed by atoms with Crippen LogP contribution in [0.15, 0.2) is 48.5 Å². The molecule has 0 bridgehead atoms. The molecular weight excluding hydrogens is 267 g/mol. The minimum atomic E-state index is -0.226. The number of hydrogen-bond donors (Lipinski definition) is 2. The predicted octanol–water partition coefficient (Wildman–Crippen LogP) is 3.04. The number of rotatable bonds is 5. The van der Waals surface area contributed by atoms with E-state index >= 15 is 0 Å². The molecule has 2 N–H and O–H groups in total. The van der Waals surface area contributed by atoms with E-state index in [-0.39, 0.29) is 17.8 Å². The quantitative estimate of drug-likeness (QED) is 0.887. The first-order valence-electron chi connectivity index (χ1n) is 6.90. The summed E-state index contributed by atoms with van der Waals surface area (Å²) in [5, 5.41) is 5.93. The number of carbonyl (C=O) groups excluding carboxylic acids is 1. The molecule has 0 aliphatic carbocycles. The molecule has 0 fully saturated rings. The minimum absolute atomic E-state index is 0.0549. The average Bonchev–Trinajstić information content (AvgIpc) is 2.52. The minimum Gasteiger partial charge on any atom is -0.355 e. The lowest BCUT2D eigenvalue weighted by atomic mass is 10.1. The molecule has 0 saturated carbocycles. The van der Waals surface area contributed by atoms with E-state index in [0.29, 0.717) is 12.1 Å². The zero-order chi connectivity index (χ0) is 15.2. The lowest BCUT2D eigenvalue weighted by molar-refractivity contribution is 0.0963. The van der Waals surface area contributed by atoms with Crippen molar-refractivity contribution in [1.29, 1.82) is 0 Å². The Balaban J connectivity index is 1.95.